The molecule has 0 heterocycles. The van der Waals surface area contributed by atoms with Gasteiger partial charge in [0.2, 0.25) is 11.8 Å². The molecule has 1 atom stereocenters. The van der Waals surface area contributed by atoms with Gasteiger partial charge in [-0.25, -0.2) is 8.42 Å². The van der Waals surface area contributed by atoms with Gasteiger partial charge in [0.25, 0.3) is 10.0 Å². The highest BCUT2D eigenvalue weighted by molar-refractivity contribution is 9.10. The van der Waals surface area contributed by atoms with Crippen LogP contribution < -0.4 is 9.62 Å². The maximum Gasteiger partial charge on any atom is 0.264 e. The molecule has 42 heavy (non-hydrogen) atoms. The summed E-state index contributed by atoms with van der Waals surface area (Å²) in [7, 11) is -2.59. The lowest BCUT2D eigenvalue weighted by molar-refractivity contribution is -0.139. The van der Waals surface area contributed by atoms with Crippen molar-refractivity contribution in [2.24, 2.45) is 0 Å². The van der Waals surface area contributed by atoms with Crippen molar-refractivity contribution in [3.63, 3.8) is 0 Å². The van der Waals surface area contributed by atoms with Crippen molar-refractivity contribution < 1.29 is 18.0 Å². The number of hydrogen-bond donors (Lipinski definition) is 1. The van der Waals surface area contributed by atoms with Crippen molar-refractivity contribution in [2.45, 2.75) is 37.8 Å². The second kappa shape index (κ2) is 13.8. The molecule has 0 aliphatic rings. The Balaban J connectivity index is 1.80. The lowest BCUT2D eigenvalue weighted by Gasteiger charge is -2.33. The summed E-state index contributed by atoms with van der Waals surface area (Å²) in [4.78, 5) is 29.2. The van der Waals surface area contributed by atoms with E-state index in [0.29, 0.717) is 5.69 Å². The quantitative estimate of drug-likeness (QED) is 0.228. The predicted octanol–water partition coefficient (Wildman–Crippen LogP) is 5.65. The number of aryl methyl sites for hydroxylation is 2. The van der Waals surface area contributed by atoms with Crippen LogP contribution in [0.5, 0.6) is 0 Å². The number of sulfonamides is 1. The Bertz CT molecular complexity index is 1610. The van der Waals surface area contributed by atoms with Crippen LogP contribution >= 0.6 is 15.9 Å². The van der Waals surface area contributed by atoms with Crippen LogP contribution in [0.3, 0.4) is 0 Å². The van der Waals surface area contributed by atoms with E-state index in [1.54, 1.807) is 30.3 Å². The topological polar surface area (TPSA) is 86.8 Å². The summed E-state index contributed by atoms with van der Waals surface area (Å²) in [5, 5.41) is 2.70. The molecule has 4 aromatic rings. The number of hydrogen-bond acceptors (Lipinski definition) is 4. The molecule has 9 heteroatoms. The molecule has 0 aromatic heterocycles. The third-order valence-corrected chi connectivity index (χ3v) is 9.20. The molecule has 1 unspecified atom stereocenters. The summed E-state index contributed by atoms with van der Waals surface area (Å²) in [6.45, 7) is 3.39. The van der Waals surface area contributed by atoms with E-state index in [1.807, 2.05) is 74.5 Å². The van der Waals surface area contributed by atoms with Gasteiger partial charge in [0, 0.05) is 24.5 Å². The van der Waals surface area contributed by atoms with Crippen LogP contribution in [-0.4, -0.2) is 44.8 Å². The van der Waals surface area contributed by atoms with Gasteiger partial charge in [0.05, 0.1) is 10.6 Å². The number of nitrogens with zero attached hydrogens (tertiary/aromatic N) is 2. The highest BCUT2D eigenvalue weighted by Crippen LogP contribution is 2.27. The van der Waals surface area contributed by atoms with E-state index in [1.165, 1.54) is 24.1 Å². The van der Waals surface area contributed by atoms with Crippen LogP contribution in [0.4, 0.5) is 5.69 Å². The first-order valence-corrected chi connectivity index (χ1v) is 15.8. The molecule has 218 valence electrons. The van der Waals surface area contributed by atoms with E-state index in [2.05, 4.69) is 21.2 Å². The van der Waals surface area contributed by atoms with Gasteiger partial charge in [-0.1, -0.05) is 82.7 Å². The van der Waals surface area contributed by atoms with Gasteiger partial charge in [0.1, 0.15) is 12.6 Å². The molecule has 0 aliphatic heterocycles. The molecule has 0 spiro atoms. The van der Waals surface area contributed by atoms with Crippen molar-refractivity contribution in [3.8, 4) is 0 Å². The molecule has 4 aromatic carbocycles. The number of amides is 2. The molecular weight excluding hydrogens is 614 g/mol. The summed E-state index contributed by atoms with van der Waals surface area (Å²) in [6, 6.07) is 29.6. The van der Waals surface area contributed by atoms with E-state index in [0.717, 1.165) is 31.0 Å². The zero-order chi connectivity index (χ0) is 30.3. The van der Waals surface area contributed by atoms with Gasteiger partial charge in [0.15, 0.2) is 0 Å². The summed E-state index contributed by atoms with van der Waals surface area (Å²) < 4.78 is 30.1. The molecule has 7 nitrogen and oxygen atoms in total. The van der Waals surface area contributed by atoms with Gasteiger partial charge in [-0.3, -0.25) is 13.9 Å². The number of carbonyl (C=O) groups is 2. The highest BCUT2D eigenvalue weighted by Gasteiger charge is 2.34. The fourth-order valence-corrected chi connectivity index (χ4v) is 6.53. The van der Waals surface area contributed by atoms with Crippen LogP contribution in [0, 0.1) is 13.8 Å². The molecule has 2 amide bonds. The Morgan fingerprint density at radius 1 is 0.810 bits per heavy atom. The highest BCUT2D eigenvalue weighted by atomic mass is 79.9. The van der Waals surface area contributed by atoms with E-state index >= 15 is 0 Å². The maximum absolute atomic E-state index is 14.3. The monoisotopic (exact) mass is 647 g/mol. The molecule has 0 fully saturated rings. The number of nitrogens with one attached hydrogen (secondary N) is 1. The normalized spacial score (nSPS) is 11.9. The van der Waals surface area contributed by atoms with Crippen molar-refractivity contribution in [1.29, 1.82) is 0 Å². The summed E-state index contributed by atoms with van der Waals surface area (Å²) in [5.41, 5.74) is 3.79. The van der Waals surface area contributed by atoms with E-state index in [9.17, 15) is 18.0 Å². The van der Waals surface area contributed by atoms with E-state index in [-0.39, 0.29) is 23.8 Å². The Hall–Kier alpha value is -3.95. The van der Waals surface area contributed by atoms with Crippen LogP contribution in [0.2, 0.25) is 0 Å². The Morgan fingerprint density at radius 2 is 1.38 bits per heavy atom. The largest absolute Gasteiger partial charge is 0.357 e. The number of benzene rings is 4. The molecule has 0 saturated heterocycles. The molecule has 0 radical (unpaired) electrons. The van der Waals surface area contributed by atoms with Gasteiger partial charge < -0.3 is 10.2 Å². The third kappa shape index (κ3) is 7.66. The summed E-state index contributed by atoms with van der Waals surface area (Å²) in [6.07, 6.45) is 0.262. The first-order chi connectivity index (χ1) is 20.1. The lowest BCUT2D eigenvalue weighted by atomic mass is 10.0. The van der Waals surface area contributed by atoms with Crippen LogP contribution in [0.1, 0.15) is 22.3 Å². The second-order valence-corrected chi connectivity index (χ2v) is 12.9. The maximum atomic E-state index is 14.3. The fourth-order valence-electron chi connectivity index (χ4n) is 4.85. The number of carbonyl (C=O) groups excluding carboxylic acids is 2. The summed E-state index contributed by atoms with van der Waals surface area (Å²) in [5.74, 6) is -0.839. The summed E-state index contributed by atoms with van der Waals surface area (Å²) >= 11 is 3.44. The Kier molecular flexibility index (Phi) is 10.2. The van der Waals surface area contributed by atoms with E-state index in [4.69, 9.17) is 0 Å². The molecule has 0 saturated carbocycles. The van der Waals surface area contributed by atoms with Crippen molar-refractivity contribution in [3.05, 3.63) is 130 Å². The molecule has 0 bridgehead atoms. The van der Waals surface area contributed by atoms with E-state index < -0.39 is 28.5 Å². The number of likely N-dealkylation sites (N-methyl/N-ethyl adjacent to an activating group) is 1. The number of rotatable bonds is 11. The minimum absolute atomic E-state index is 0.0727. The van der Waals surface area contributed by atoms with Crippen LogP contribution in [0.15, 0.2) is 112 Å². The SMILES string of the molecule is CNC(=O)C(Cc1ccccc1)N(Cc1ccc(Br)cc1)C(=O)CN(c1cc(C)cc(C)c1)S(=O)(=O)c1ccccc1. The number of halogens is 1. The minimum atomic E-state index is -4.13. The molecule has 0 aliphatic carbocycles. The first-order valence-electron chi connectivity index (χ1n) is 13.5. The zero-order valence-electron chi connectivity index (χ0n) is 23.8. The minimum Gasteiger partial charge on any atom is -0.357 e. The second-order valence-electron chi connectivity index (χ2n) is 10.1. The zero-order valence-corrected chi connectivity index (χ0v) is 26.2. The van der Waals surface area contributed by atoms with Crippen molar-refractivity contribution in [2.75, 3.05) is 17.9 Å². The smallest absolute Gasteiger partial charge is 0.264 e. The van der Waals surface area contributed by atoms with Gasteiger partial charge in [-0.15, -0.1) is 0 Å². The molecule has 1 N–H and O–H groups in total. The fraction of sp³-hybridized carbons (Fsp3) is 0.212. The van der Waals surface area contributed by atoms with Gasteiger partial charge >= 0.3 is 0 Å². The first kappa shape index (κ1) is 31.0. The third-order valence-electron chi connectivity index (χ3n) is 6.89. The standard InChI is InChI=1S/C33H34BrN3O4S/c1-24-18-25(2)20-29(19-24)37(42(40,41)30-12-8-5-9-13-30)23-32(38)36(22-27-14-16-28(34)17-15-27)31(33(39)35-3)21-26-10-6-4-7-11-26/h4-20,31H,21-23H2,1-3H3,(H,35,39). The number of anilines is 1. The lowest BCUT2D eigenvalue weighted by Crippen LogP contribution is -2.53. The molecule has 4 rings (SSSR count). The van der Waals surface area contributed by atoms with Crippen LogP contribution in [-0.2, 0) is 32.6 Å². The Morgan fingerprint density at radius 3 is 1.95 bits per heavy atom. The Labute approximate surface area is 256 Å². The van der Waals surface area contributed by atoms with Crippen LogP contribution in [0.25, 0.3) is 0 Å². The average molecular weight is 649 g/mol. The average Bonchev–Trinajstić information content (AvgIpc) is 2.98. The van der Waals surface area contributed by atoms with Crippen molar-refractivity contribution >= 4 is 43.5 Å². The van der Waals surface area contributed by atoms with Crippen molar-refractivity contribution in [1.82, 2.24) is 10.2 Å². The van der Waals surface area contributed by atoms with Gasteiger partial charge in [-0.2, -0.15) is 0 Å². The molecular formula is C33H34BrN3O4S. The van der Waals surface area contributed by atoms with Gasteiger partial charge in [-0.05, 0) is 72.5 Å². The predicted molar refractivity (Wildman–Crippen MR) is 170 cm³/mol.